The first-order valence-electron chi connectivity index (χ1n) is 11.2. The number of nitrogens with one attached hydrogen (secondary N) is 1. The fourth-order valence-corrected chi connectivity index (χ4v) is 5.39. The van der Waals surface area contributed by atoms with Gasteiger partial charge in [0.05, 0.1) is 27.3 Å². The number of nitrogens with zero attached hydrogens (tertiary/aromatic N) is 2. The van der Waals surface area contributed by atoms with E-state index in [0.717, 1.165) is 10.4 Å². The lowest BCUT2D eigenvalue weighted by Gasteiger charge is -2.26. The van der Waals surface area contributed by atoms with Gasteiger partial charge in [-0.2, -0.15) is 0 Å². The van der Waals surface area contributed by atoms with Gasteiger partial charge >= 0.3 is 5.97 Å². The van der Waals surface area contributed by atoms with Gasteiger partial charge < -0.3 is 16.2 Å². The van der Waals surface area contributed by atoms with Crippen molar-refractivity contribution < 1.29 is 19.5 Å². The molecule has 3 aromatic heterocycles. The van der Waals surface area contributed by atoms with E-state index in [1.54, 1.807) is 42.6 Å². The molecule has 3 heterocycles. The third-order valence-electron chi connectivity index (χ3n) is 6.43. The summed E-state index contributed by atoms with van der Waals surface area (Å²) in [7, 11) is 0. The Morgan fingerprint density at radius 3 is 2.54 bits per heavy atom. The molecule has 4 N–H and O–H groups in total. The summed E-state index contributed by atoms with van der Waals surface area (Å²) in [4.78, 5) is 54.8. The van der Waals surface area contributed by atoms with Gasteiger partial charge in [0.1, 0.15) is 0 Å². The average Bonchev–Trinajstić information content (AvgIpc) is 3.35. The lowest BCUT2D eigenvalue weighted by molar-refractivity contribution is -0.142. The van der Waals surface area contributed by atoms with Crippen molar-refractivity contribution in [2.45, 2.75) is 31.7 Å². The van der Waals surface area contributed by atoms with E-state index >= 15 is 0 Å². The van der Waals surface area contributed by atoms with Crippen LogP contribution in [0.4, 0.5) is 0 Å². The van der Waals surface area contributed by atoms with E-state index in [-0.39, 0.29) is 34.6 Å². The number of amides is 2. The summed E-state index contributed by atoms with van der Waals surface area (Å²) in [6.45, 7) is 0. The standard InChI is InChI=1S/C25H22N4O5S/c26-21(30)20-10-9-19(35-20)14-5-8-18-17(12-14)24(32)29-11-1-2-16(22(29)28-18)23(31)27-15-6-3-13(4-7-15)25(33)34/h1-2,5,8-13,15H,3-4,6-7H2,(H2,26,30)(H,27,31)(H,33,34). The number of carbonyl (C=O) groups is 3. The molecule has 0 saturated heterocycles. The number of primary amides is 1. The number of benzene rings is 1. The van der Waals surface area contributed by atoms with Crippen LogP contribution in [-0.2, 0) is 4.79 Å². The Morgan fingerprint density at radius 2 is 1.86 bits per heavy atom. The van der Waals surface area contributed by atoms with Crippen LogP contribution in [0.15, 0.2) is 53.5 Å². The number of hydrogen-bond donors (Lipinski definition) is 3. The largest absolute Gasteiger partial charge is 0.481 e. The van der Waals surface area contributed by atoms with Crippen molar-refractivity contribution in [1.29, 1.82) is 0 Å². The Morgan fingerprint density at radius 1 is 1.09 bits per heavy atom. The second-order valence-electron chi connectivity index (χ2n) is 8.65. The van der Waals surface area contributed by atoms with Crippen molar-refractivity contribution in [3.8, 4) is 10.4 Å². The summed E-state index contributed by atoms with van der Waals surface area (Å²) in [6.07, 6.45) is 3.79. The molecule has 0 radical (unpaired) electrons. The number of carboxylic acids is 1. The first-order chi connectivity index (χ1) is 16.8. The van der Waals surface area contributed by atoms with E-state index in [0.29, 0.717) is 41.5 Å². The van der Waals surface area contributed by atoms with Gasteiger partial charge in [-0.1, -0.05) is 6.07 Å². The molecule has 9 nitrogen and oxygen atoms in total. The number of carboxylic acid groups (broad SMARTS) is 1. The number of rotatable bonds is 5. The molecule has 0 atom stereocenters. The second kappa shape index (κ2) is 8.95. The summed E-state index contributed by atoms with van der Waals surface area (Å²) < 4.78 is 1.35. The number of pyridine rings is 1. The number of nitrogens with two attached hydrogens (primary N) is 1. The molecule has 1 aliphatic rings. The minimum absolute atomic E-state index is 0.121. The van der Waals surface area contributed by atoms with Gasteiger partial charge in [0.25, 0.3) is 17.4 Å². The smallest absolute Gasteiger partial charge is 0.306 e. The van der Waals surface area contributed by atoms with Crippen molar-refractivity contribution in [2.75, 3.05) is 0 Å². The van der Waals surface area contributed by atoms with Gasteiger partial charge in [-0.15, -0.1) is 11.3 Å². The maximum Gasteiger partial charge on any atom is 0.306 e. The van der Waals surface area contributed by atoms with Gasteiger partial charge in [-0.05, 0) is 67.6 Å². The van der Waals surface area contributed by atoms with Crippen LogP contribution in [0.25, 0.3) is 27.0 Å². The molecule has 1 saturated carbocycles. The lowest BCUT2D eigenvalue weighted by Crippen LogP contribution is -2.39. The Kier molecular flexibility index (Phi) is 5.81. The Balaban J connectivity index is 1.48. The van der Waals surface area contributed by atoms with Gasteiger partial charge in [0.2, 0.25) is 0 Å². The van der Waals surface area contributed by atoms with Crippen LogP contribution in [-0.4, -0.2) is 38.3 Å². The minimum Gasteiger partial charge on any atom is -0.481 e. The second-order valence-corrected chi connectivity index (χ2v) is 9.74. The zero-order valence-electron chi connectivity index (χ0n) is 18.6. The summed E-state index contributed by atoms with van der Waals surface area (Å²) in [5.41, 5.74) is 6.78. The predicted octanol–water partition coefficient (Wildman–Crippen LogP) is 3.05. The molecule has 0 bridgehead atoms. The van der Waals surface area contributed by atoms with Crippen LogP contribution >= 0.6 is 11.3 Å². The molecule has 4 aromatic rings. The SMILES string of the molecule is NC(=O)c1ccc(-c2ccc3nc4c(C(=O)NC5CCC(C(=O)O)CC5)cccn4c(=O)c3c2)s1. The molecule has 35 heavy (non-hydrogen) atoms. The number of aliphatic carboxylic acids is 1. The maximum absolute atomic E-state index is 13.3. The molecule has 178 valence electrons. The molecule has 5 rings (SSSR count). The fourth-order valence-electron chi connectivity index (χ4n) is 4.53. The monoisotopic (exact) mass is 490 g/mol. The van der Waals surface area contributed by atoms with Gasteiger partial charge in [-0.3, -0.25) is 23.6 Å². The fraction of sp³-hybridized carbons (Fsp3) is 0.240. The van der Waals surface area contributed by atoms with Gasteiger partial charge in [0, 0.05) is 17.1 Å². The van der Waals surface area contributed by atoms with Crippen LogP contribution in [0.3, 0.4) is 0 Å². The first-order valence-corrected chi connectivity index (χ1v) is 12.0. The summed E-state index contributed by atoms with van der Waals surface area (Å²) >= 11 is 1.25. The highest BCUT2D eigenvalue weighted by Gasteiger charge is 2.27. The van der Waals surface area contributed by atoms with Crippen LogP contribution in [0, 0.1) is 5.92 Å². The molecule has 1 aromatic carbocycles. The van der Waals surface area contributed by atoms with Crippen molar-refractivity contribution in [1.82, 2.24) is 14.7 Å². The highest BCUT2D eigenvalue weighted by molar-refractivity contribution is 7.17. The van der Waals surface area contributed by atoms with Gasteiger partial charge in [-0.25, -0.2) is 4.98 Å². The molecule has 10 heteroatoms. The zero-order valence-corrected chi connectivity index (χ0v) is 19.4. The van der Waals surface area contributed by atoms with Crippen LogP contribution in [0.2, 0.25) is 0 Å². The van der Waals surface area contributed by atoms with E-state index < -0.39 is 11.9 Å². The van der Waals surface area contributed by atoms with E-state index in [4.69, 9.17) is 5.73 Å². The van der Waals surface area contributed by atoms with Crippen molar-refractivity contribution in [3.05, 3.63) is 69.5 Å². The molecule has 0 aliphatic heterocycles. The van der Waals surface area contributed by atoms with Crippen molar-refractivity contribution in [3.63, 3.8) is 0 Å². The first kappa shape index (κ1) is 22.7. The van der Waals surface area contributed by atoms with E-state index in [2.05, 4.69) is 10.3 Å². The summed E-state index contributed by atoms with van der Waals surface area (Å²) in [6, 6.07) is 11.8. The zero-order chi connectivity index (χ0) is 24.7. The topological polar surface area (TPSA) is 144 Å². The number of thiophene rings is 1. The Bertz CT molecular complexity index is 1550. The number of hydrogen-bond acceptors (Lipinski definition) is 6. The van der Waals surface area contributed by atoms with Crippen LogP contribution in [0.1, 0.15) is 45.7 Å². The van der Waals surface area contributed by atoms with Crippen molar-refractivity contribution >= 4 is 45.7 Å². The molecule has 0 spiro atoms. The lowest BCUT2D eigenvalue weighted by atomic mass is 9.86. The summed E-state index contributed by atoms with van der Waals surface area (Å²) in [5, 5.41) is 12.5. The maximum atomic E-state index is 13.3. The van der Waals surface area contributed by atoms with Crippen LogP contribution in [0.5, 0.6) is 0 Å². The third kappa shape index (κ3) is 4.28. The van der Waals surface area contributed by atoms with Crippen LogP contribution < -0.4 is 16.6 Å². The normalized spacial score (nSPS) is 17.9. The molecular formula is C25H22N4O5S. The quantitative estimate of drug-likeness (QED) is 0.367. The minimum atomic E-state index is -0.796. The van der Waals surface area contributed by atoms with E-state index in [1.165, 1.54) is 15.7 Å². The molecule has 1 aliphatic carbocycles. The van der Waals surface area contributed by atoms with Gasteiger partial charge in [0.15, 0.2) is 5.65 Å². The Labute approximate surface area is 203 Å². The number of fused-ring (bicyclic) bond motifs is 2. The number of aromatic nitrogens is 2. The highest BCUT2D eigenvalue weighted by atomic mass is 32.1. The molecule has 1 fully saturated rings. The van der Waals surface area contributed by atoms with Crippen molar-refractivity contribution in [2.24, 2.45) is 11.7 Å². The Hall–Kier alpha value is -4.05. The molecule has 2 amide bonds. The highest BCUT2D eigenvalue weighted by Crippen LogP contribution is 2.30. The third-order valence-corrected chi connectivity index (χ3v) is 7.58. The van der Waals surface area contributed by atoms with E-state index in [9.17, 15) is 24.3 Å². The predicted molar refractivity (Wildman–Crippen MR) is 132 cm³/mol. The molecule has 0 unspecified atom stereocenters. The number of carbonyl (C=O) groups excluding carboxylic acids is 2. The molecular weight excluding hydrogens is 468 g/mol. The van der Waals surface area contributed by atoms with E-state index in [1.807, 2.05) is 6.07 Å². The summed E-state index contributed by atoms with van der Waals surface area (Å²) in [5.74, 6) is -2.01. The average molecular weight is 491 g/mol.